The first-order valence-electron chi connectivity index (χ1n) is 6.21. The molecule has 104 valence electrons. The lowest BCUT2D eigenvalue weighted by atomic mass is 10.0. The summed E-state index contributed by atoms with van der Waals surface area (Å²) in [6, 6.07) is 3.64. The molecule has 0 fully saturated rings. The third-order valence-corrected chi connectivity index (χ3v) is 3.32. The number of carbonyl (C=O) groups excluding carboxylic acids is 1. The van der Waals surface area contributed by atoms with E-state index in [0.29, 0.717) is 17.1 Å². The molecule has 1 aliphatic heterocycles. The molecule has 6 heteroatoms. The van der Waals surface area contributed by atoms with Gasteiger partial charge in [-0.2, -0.15) is 0 Å². The largest absolute Gasteiger partial charge is 0.342 e. The van der Waals surface area contributed by atoms with Crippen LogP contribution in [0.1, 0.15) is 19.7 Å². The Balaban J connectivity index is 2.09. The number of fused-ring (bicyclic) bond motifs is 1. The fourth-order valence-electron chi connectivity index (χ4n) is 2.43. The van der Waals surface area contributed by atoms with Crippen LogP contribution in [0.3, 0.4) is 0 Å². The van der Waals surface area contributed by atoms with Crippen molar-refractivity contribution in [2.45, 2.75) is 25.9 Å². The van der Waals surface area contributed by atoms with Gasteiger partial charge in [0.2, 0.25) is 5.91 Å². The molecule has 20 heavy (non-hydrogen) atoms. The molecule has 0 aliphatic carbocycles. The van der Waals surface area contributed by atoms with Crippen LogP contribution in [0.15, 0.2) is 24.4 Å². The second kappa shape index (κ2) is 4.13. The van der Waals surface area contributed by atoms with Gasteiger partial charge in [-0.15, -0.1) is 0 Å². The number of hydrogen-bond acceptors (Lipinski definition) is 2. The van der Waals surface area contributed by atoms with E-state index in [1.165, 1.54) is 6.07 Å². The second-order valence-electron chi connectivity index (χ2n) is 5.38. The van der Waals surface area contributed by atoms with Crippen molar-refractivity contribution in [3.63, 3.8) is 0 Å². The first kappa shape index (κ1) is 12.8. The molecule has 4 nitrogen and oxygen atoms in total. The standard InChI is InChI=1S/C14H13F2N3O/c1-14(2)13-17-11(6-19(13)7-12(20)18-14)8-3-4-9(15)10(16)5-8/h3-6H,7H2,1-2H3,(H,18,20). The zero-order chi connectivity index (χ0) is 14.5. The van der Waals surface area contributed by atoms with Gasteiger partial charge < -0.3 is 9.88 Å². The molecule has 0 unspecified atom stereocenters. The number of imidazole rings is 1. The maximum atomic E-state index is 13.3. The molecule has 0 atom stereocenters. The van der Waals surface area contributed by atoms with Crippen molar-refractivity contribution in [1.29, 1.82) is 0 Å². The summed E-state index contributed by atoms with van der Waals surface area (Å²) in [7, 11) is 0. The molecule has 0 saturated carbocycles. The van der Waals surface area contributed by atoms with E-state index in [0.717, 1.165) is 12.1 Å². The molecule has 1 amide bonds. The zero-order valence-corrected chi connectivity index (χ0v) is 11.1. The SMILES string of the molecule is CC1(C)NC(=O)Cn2cc(-c3ccc(F)c(F)c3)nc21. The third-order valence-electron chi connectivity index (χ3n) is 3.32. The Morgan fingerprint density at radius 2 is 2.05 bits per heavy atom. The van der Waals surface area contributed by atoms with E-state index in [1.807, 2.05) is 13.8 Å². The predicted octanol–water partition coefficient (Wildman–Crippen LogP) is 2.19. The molecule has 0 bridgehead atoms. The van der Waals surface area contributed by atoms with Gasteiger partial charge in [-0.05, 0) is 32.0 Å². The van der Waals surface area contributed by atoms with E-state index in [1.54, 1.807) is 10.8 Å². The van der Waals surface area contributed by atoms with Crippen molar-refractivity contribution in [2.75, 3.05) is 0 Å². The van der Waals surface area contributed by atoms with Crippen LogP contribution in [-0.2, 0) is 16.9 Å². The highest BCUT2D eigenvalue weighted by molar-refractivity contribution is 5.78. The lowest BCUT2D eigenvalue weighted by molar-refractivity contribution is -0.124. The summed E-state index contributed by atoms with van der Waals surface area (Å²) in [5.74, 6) is -1.22. The van der Waals surface area contributed by atoms with E-state index in [9.17, 15) is 13.6 Å². The van der Waals surface area contributed by atoms with Gasteiger partial charge >= 0.3 is 0 Å². The lowest BCUT2D eigenvalue weighted by Crippen LogP contribution is -2.48. The molecule has 0 radical (unpaired) electrons. The number of carbonyl (C=O) groups is 1. The highest BCUT2D eigenvalue weighted by Crippen LogP contribution is 2.28. The Hall–Kier alpha value is -2.24. The first-order valence-corrected chi connectivity index (χ1v) is 6.21. The quantitative estimate of drug-likeness (QED) is 0.868. The van der Waals surface area contributed by atoms with Crippen LogP contribution in [0.25, 0.3) is 11.3 Å². The topological polar surface area (TPSA) is 46.9 Å². The van der Waals surface area contributed by atoms with Gasteiger partial charge in [0.15, 0.2) is 11.6 Å². The molecule has 1 N–H and O–H groups in total. The van der Waals surface area contributed by atoms with Crippen molar-refractivity contribution in [3.8, 4) is 11.3 Å². The molecular weight excluding hydrogens is 264 g/mol. The summed E-state index contributed by atoms with van der Waals surface area (Å²) in [5, 5.41) is 2.84. The van der Waals surface area contributed by atoms with E-state index < -0.39 is 17.2 Å². The Morgan fingerprint density at radius 3 is 2.75 bits per heavy atom. The van der Waals surface area contributed by atoms with Gasteiger partial charge in [0.1, 0.15) is 12.4 Å². The maximum absolute atomic E-state index is 13.3. The molecule has 1 aliphatic rings. The number of aromatic nitrogens is 2. The Kier molecular flexibility index (Phi) is 2.64. The summed E-state index contributed by atoms with van der Waals surface area (Å²) in [6.07, 6.45) is 1.68. The zero-order valence-electron chi connectivity index (χ0n) is 11.1. The van der Waals surface area contributed by atoms with Crippen molar-refractivity contribution in [2.24, 2.45) is 0 Å². The van der Waals surface area contributed by atoms with Crippen molar-refractivity contribution < 1.29 is 13.6 Å². The monoisotopic (exact) mass is 277 g/mol. The van der Waals surface area contributed by atoms with Gasteiger partial charge in [0.25, 0.3) is 0 Å². The van der Waals surface area contributed by atoms with Crippen LogP contribution in [0.2, 0.25) is 0 Å². The number of hydrogen-bond donors (Lipinski definition) is 1. The number of benzene rings is 1. The van der Waals surface area contributed by atoms with E-state index in [-0.39, 0.29) is 12.5 Å². The number of amides is 1. The minimum absolute atomic E-state index is 0.100. The van der Waals surface area contributed by atoms with Crippen molar-refractivity contribution in [3.05, 3.63) is 41.9 Å². The number of rotatable bonds is 1. The molecule has 0 spiro atoms. The predicted molar refractivity (Wildman–Crippen MR) is 68.7 cm³/mol. The fourth-order valence-corrected chi connectivity index (χ4v) is 2.43. The molecule has 2 aromatic rings. The third kappa shape index (κ3) is 1.97. The van der Waals surface area contributed by atoms with Crippen LogP contribution in [-0.4, -0.2) is 15.5 Å². The highest BCUT2D eigenvalue weighted by atomic mass is 19.2. The van der Waals surface area contributed by atoms with Crippen molar-refractivity contribution >= 4 is 5.91 Å². The van der Waals surface area contributed by atoms with E-state index in [4.69, 9.17) is 0 Å². The minimum atomic E-state index is -0.915. The lowest BCUT2D eigenvalue weighted by Gasteiger charge is -2.30. The molecular formula is C14H13F2N3O. The molecule has 0 saturated heterocycles. The summed E-state index contributed by atoms with van der Waals surface area (Å²) < 4.78 is 28.0. The van der Waals surface area contributed by atoms with Gasteiger partial charge in [0.05, 0.1) is 11.2 Å². The van der Waals surface area contributed by atoms with E-state index >= 15 is 0 Å². The maximum Gasteiger partial charge on any atom is 0.240 e. The van der Waals surface area contributed by atoms with Crippen LogP contribution in [0.5, 0.6) is 0 Å². The first-order chi connectivity index (χ1) is 9.37. The molecule has 1 aromatic heterocycles. The van der Waals surface area contributed by atoms with Gasteiger partial charge in [-0.1, -0.05) is 0 Å². The normalized spacial score (nSPS) is 16.7. The molecule has 3 rings (SSSR count). The average molecular weight is 277 g/mol. The van der Waals surface area contributed by atoms with Crippen LogP contribution >= 0.6 is 0 Å². The summed E-state index contributed by atoms with van der Waals surface area (Å²) >= 11 is 0. The Labute approximate surface area is 114 Å². The van der Waals surface area contributed by atoms with Gasteiger partial charge in [0, 0.05) is 11.8 Å². The second-order valence-corrected chi connectivity index (χ2v) is 5.38. The average Bonchev–Trinajstić information content (AvgIpc) is 2.76. The smallest absolute Gasteiger partial charge is 0.240 e. The van der Waals surface area contributed by atoms with E-state index in [2.05, 4.69) is 10.3 Å². The summed E-state index contributed by atoms with van der Waals surface area (Å²) in [5.41, 5.74) is 0.407. The van der Waals surface area contributed by atoms with Crippen LogP contribution in [0, 0.1) is 11.6 Å². The van der Waals surface area contributed by atoms with Gasteiger partial charge in [-0.3, -0.25) is 4.79 Å². The fraction of sp³-hybridized carbons (Fsp3) is 0.286. The minimum Gasteiger partial charge on any atom is -0.342 e. The summed E-state index contributed by atoms with van der Waals surface area (Å²) in [4.78, 5) is 16.1. The number of nitrogens with one attached hydrogen (secondary N) is 1. The van der Waals surface area contributed by atoms with Crippen LogP contribution < -0.4 is 5.32 Å². The van der Waals surface area contributed by atoms with Crippen molar-refractivity contribution in [1.82, 2.24) is 14.9 Å². The number of nitrogens with zero attached hydrogens (tertiary/aromatic N) is 2. The van der Waals surface area contributed by atoms with Gasteiger partial charge in [-0.25, -0.2) is 13.8 Å². The van der Waals surface area contributed by atoms with Crippen LogP contribution in [0.4, 0.5) is 8.78 Å². The molecule has 1 aromatic carbocycles. The molecule has 2 heterocycles. The summed E-state index contributed by atoms with van der Waals surface area (Å²) in [6.45, 7) is 3.87. The Morgan fingerprint density at radius 1 is 1.30 bits per heavy atom. The number of halogens is 2. The Bertz CT molecular complexity index is 706. The highest BCUT2D eigenvalue weighted by Gasteiger charge is 2.33.